The van der Waals surface area contributed by atoms with Gasteiger partial charge >= 0.3 is 0 Å². The number of hydrogen-bond acceptors (Lipinski definition) is 5. The Bertz CT molecular complexity index is 1400. The van der Waals surface area contributed by atoms with E-state index in [2.05, 4.69) is 10.1 Å². The van der Waals surface area contributed by atoms with Crippen LogP contribution < -0.4 is 10.9 Å². The van der Waals surface area contributed by atoms with Crippen LogP contribution in [0.2, 0.25) is 5.02 Å². The zero-order valence-corrected chi connectivity index (χ0v) is 18.2. The first-order valence-electron chi connectivity index (χ1n) is 9.41. The predicted octanol–water partition coefficient (Wildman–Crippen LogP) is 2.85. The van der Waals surface area contributed by atoms with Crippen LogP contribution in [0.25, 0.3) is 16.8 Å². The number of halogens is 1. The van der Waals surface area contributed by atoms with Crippen molar-refractivity contribution in [3.05, 3.63) is 95.5 Å². The molecule has 0 radical (unpaired) electrons. The molecule has 0 spiro atoms. The van der Waals surface area contributed by atoms with Gasteiger partial charge in [-0.25, -0.2) is 18.2 Å². The molecule has 2 aromatic heterocycles. The summed E-state index contributed by atoms with van der Waals surface area (Å²) in [6.45, 7) is 0. The van der Waals surface area contributed by atoms with Crippen LogP contribution >= 0.6 is 11.6 Å². The van der Waals surface area contributed by atoms with E-state index >= 15 is 0 Å². The van der Waals surface area contributed by atoms with Crippen molar-refractivity contribution >= 4 is 27.5 Å². The van der Waals surface area contributed by atoms with Crippen LogP contribution in [-0.4, -0.2) is 29.1 Å². The van der Waals surface area contributed by atoms with Crippen molar-refractivity contribution in [3.8, 4) is 16.8 Å². The molecular formula is C22H18ClN5O3S. The molecule has 162 valence electrons. The van der Waals surface area contributed by atoms with Crippen molar-refractivity contribution in [3.63, 3.8) is 0 Å². The summed E-state index contributed by atoms with van der Waals surface area (Å²) in [6, 6.07) is 14.8. The summed E-state index contributed by atoms with van der Waals surface area (Å²) in [5.74, 6) is -1.63. The number of nitrogens with two attached hydrogens (primary N) is 2. The predicted molar refractivity (Wildman–Crippen MR) is 121 cm³/mol. The van der Waals surface area contributed by atoms with Gasteiger partial charge in [-0.05, 0) is 35.4 Å². The highest BCUT2D eigenvalue weighted by atomic mass is 35.5. The molecule has 8 nitrogen and oxygen atoms in total. The number of rotatable bonds is 6. The van der Waals surface area contributed by atoms with E-state index in [1.54, 1.807) is 61.2 Å². The Labute approximate surface area is 189 Å². The Morgan fingerprint density at radius 1 is 1.03 bits per heavy atom. The van der Waals surface area contributed by atoms with E-state index in [-0.39, 0.29) is 10.6 Å². The number of carbonyl (C=O) groups is 1. The first kappa shape index (κ1) is 21.7. The quantitative estimate of drug-likeness (QED) is 0.449. The van der Waals surface area contributed by atoms with Gasteiger partial charge < -0.3 is 5.73 Å². The third-order valence-electron chi connectivity index (χ3n) is 4.95. The van der Waals surface area contributed by atoms with Gasteiger partial charge in [0.05, 0.1) is 17.8 Å². The zero-order chi connectivity index (χ0) is 22.9. The Morgan fingerprint density at radius 2 is 1.81 bits per heavy atom. The molecule has 10 heteroatoms. The smallest absolute Gasteiger partial charge is 0.240 e. The third-order valence-corrected chi connectivity index (χ3v) is 6.23. The molecule has 1 amide bonds. The fourth-order valence-corrected chi connectivity index (χ4v) is 4.47. The lowest BCUT2D eigenvalue weighted by Crippen LogP contribution is -2.24. The van der Waals surface area contributed by atoms with E-state index in [0.717, 1.165) is 11.1 Å². The van der Waals surface area contributed by atoms with Gasteiger partial charge in [-0.1, -0.05) is 41.9 Å². The number of hydrogen-bond donors (Lipinski definition) is 2. The summed E-state index contributed by atoms with van der Waals surface area (Å²) in [6.07, 6.45) is 6.58. The number of primary amides is 1. The molecular weight excluding hydrogens is 450 g/mol. The summed E-state index contributed by atoms with van der Waals surface area (Å²) in [7, 11) is -4.17. The first-order valence-corrected chi connectivity index (χ1v) is 11.3. The topological polar surface area (TPSA) is 134 Å². The number of pyridine rings is 1. The molecule has 4 rings (SSSR count). The van der Waals surface area contributed by atoms with Crippen molar-refractivity contribution < 1.29 is 13.2 Å². The number of aromatic nitrogens is 3. The molecule has 0 aliphatic rings. The maximum absolute atomic E-state index is 12.4. The van der Waals surface area contributed by atoms with Gasteiger partial charge in [-0.3, -0.25) is 9.78 Å². The molecule has 0 saturated carbocycles. The maximum Gasteiger partial charge on any atom is 0.240 e. The second-order valence-electron chi connectivity index (χ2n) is 7.04. The minimum atomic E-state index is -4.17. The average molecular weight is 468 g/mol. The number of nitrogens with zero attached hydrogens (tertiary/aromatic N) is 3. The lowest BCUT2D eigenvalue weighted by atomic mass is 9.90. The second kappa shape index (κ2) is 8.54. The van der Waals surface area contributed by atoms with Crippen molar-refractivity contribution in [1.29, 1.82) is 0 Å². The summed E-state index contributed by atoms with van der Waals surface area (Å²) in [4.78, 5) is 16.2. The molecule has 1 unspecified atom stereocenters. The second-order valence-corrected chi connectivity index (χ2v) is 8.98. The first-order chi connectivity index (χ1) is 15.3. The van der Waals surface area contributed by atoms with Crippen molar-refractivity contribution in [1.82, 2.24) is 14.8 Å². The van der Waals surface area contributed by atoms with E-state index in [1.807, 2.05) is 6.07 Å². The van der Waals surface area contributed by atoms with Gasteiger partial charge in [0.2, 0.25) is 15.9 Å². The van der Waals surface area contributed by atoms with Gasteiger partial charge in [-0.15, -0.1) is 0 Å². The summed E-state index contributed by atoms with van der Waals surface area (Å²) < 4.78 is 26.3. The minimum Gasteiger partial charge on any atom is -0.369 e. The minimum absolute atomic E-state index is 0.200. The Hall–Kier alpha value is -3.53. The Morgan fingerprint density at radius 3 is 2.47 bits per heavy atom. The summed E-state index contributed by atoms with van der Waals surface area (Å²) in [5, 5.41) is 10.1. The molecule has 1 atom stereocenters. The molecule has 0 bridgehead atoms. The Kier molecular flexibility index (Phi) is 5.79. The summed E-state index contributed by atoms with van der Waals surface area (Å²) >= 11 is 6.26. The third kappa shape index (κ3) is 4.26. The van der Waals surface area contributed by atoms with Gasteiger partial charge in [0.1, 0.15) is 4.90 Å². The fraction of sp³-hybridized carbons (Fsp3) is 0.0455. The largest absolute Gasteiger partial charge is 0.369 e. The van der Waals surface area contributed by atoms with E-state index in [0.29, 0.717) is 16.1 Å². The molecule has 4 aromatic rings. The van der Waals surface area contributed by atoms with E-state index in [1.165, 1.54) is 16.8 Å². The molecule has 2 heterocycles. The number of amides is 1. The average Bonchev–Trinajstić information content (AvgIpc) is 3.25. The van der Waals surface area contributed by atoms with Crippen LogP contribution in [0.15, 0.2) is 84.3 Å². The van der Waals surface area contributed by atoms with Crippen LogP contribution in [0.3, 0.4) is 0 Å². The van der Waals surface area contributed by atoms with Gasteiger partial charge in [0.25, 0.3) is 0 Å². The SMILES string of the molecule is NC(=O)C(c1ccc(-n2cc(-c3cccnc3)cn2)c(S(N)(=O)=O)c1)c1ccccc1Cl. The number of carbonyl (C=O) groups excluding carboxylic acids is 1. The van der Waals surface area contributed by atoms with Crippen molar-refractivity contribution in [2.75, 3.05) is 0 Å². The van der Waals surface area contributed by atoms with Crippen LogP contribution in [-0.2, 0) is 14.8 Å². The maximum atomic E-state index is 12.4. The number of primary sulfonamides is 1. The highest BCUT2D eigenvalue weighted by Crippen LogP contribution is 2.33. The lowest BCUT2D eigenvalue weighted by molar-refractivity contribution is -0.118. The zero-order valence-electron chi connectivity index (χ0n) is 16.6. The molecule has 0 aliphatic carbocycles. The van der Waals surface area contributed by atoms with Crippen LogP contribution in [0.4, 0.5) is 0 Å². The number of sulfonamides is 1. The molecule has 2 aromatic carbocycles. The monoisotopic (exact) mass is 467 g/mol. The fourth-order valence-electron chi connectivity index (χ4n) is 3.47. The molecule has 0 saturated heterocycles. The van der Waals surface area contributed by atoms with Gasteiger partial charge in [0.15, 0.2) is 0 Å². The van der Waals surface area contributed by atoms with Crippen molar-refractivity contribution in [2.45, 2.75) is 10.8 Å². The highest BCUT2D eigenvalue weighted by Gasteiger charge is 2.26. The van der Waals surface area contributed by atoms with Gasteiger partial charge in [-0.2, -0.15) is 5.10 Å². The Balaban J connectivity index is 1.84. The van der Waals surface area contributed by atoms with Crippen LogP contribution in [0, 0.1) is 0 Å². The van der Waals surface area contributed by atoms with Gasteiger partial charge in [0, 0.05) is 34.7 Å². The van der Waals surface area contributed by atoms with Crippen LogP contribution in [0.1, 0.15) is 17.0 Å². The van der Waals surface area contributed by atoms with Crippen LogP contribution in [0.5, 0.6) is 0 Å². The molecule has 0 fully saturated rings. The van der Waals surface area contributed by atoms with E-state index in [9.17, 15) is 13.2 Å². The molecule has 0 aliphatic heterocycles. The van der Waals surface area contributed by atoms with E-state index in [4.69, 9.17) is 22.5 Å². The normalized spacial score (nSPS) is 12.4. The standard InChI is InChI=1S/C22H18ClN5O3S/c23-18-6-2-1-5-17(18)21(22(24)29)14-7-8-19(20(10-14)32(25,30)31)28-13-16(12-27-28)15-4-3-9-26-11-15/h1-13,21H,(H2,24,29)(H2,25,30,31). The molecule has 32 heavy (non-hydrogen) atoms. The summed E-state index contributed by atoms with van der Waals surface area (Å²) in [5.41, 5.74) is 8.25. The van der Waals surface area contributed by atoms with Crippen molar-refractivity contribution in [2.24, 2.45) is 10.9 Å². The van der Waals surface area contributed by atoms with E-state index < -0.39 is 21.8 Å². The lowest BCUT2D eigenvalue weighted by Gasteiger charge is -2.18. The number of benzene rings is 2. The molecule has 4 N–H and O–H groups in total. The highest BCUT2D eigenvalue weighted by molar-refractivity contribution is 7.89.